The lowest BCUT2D eigenvalue weighted by Gasteiger charge is -2.13. The number of halogens is 1. The maximum atomic E-state index is 11.5. The molecule has 1 heterocycles. The normalized spacial score (nSPS) is 12.7. The Balaban J connectivity index is 3.04. The van der Waals surface area contributed by atoms with Gasteiger partial charge in [-0.15, -0.1) is 0 Å². The van der Waals surface area contributed by atoms with Crippen molar-refractivity contribution in [3.8, 4) is 0 Å². The molecule has 84 valence electrons. The van der Waals surface area contributed by atoms with Gasteiger partial charge < -0.3 is 4.74 Å². The minimum atomic E-state index is -0.514. The van der Waals surface area contributed by atoms with Crippen LogP contribution < -0.4 is 11.2 Å². The number of aromatic amines is 1. The Morgan fingerprint density at radius 3 is 2.80 bits per heavy atom. The molecule has 0 aliphatic carbocycles. The summed E-state index contributed by atoms with van der Waals surface area (Å²) in [5.74, 6) is 0. The Bertz CT molecular complexity index is 406. The number of ether oxygens (including phenoxy) is 1. The van der Waals surface area contributed by atoms with Crippen molar-refractivity contribution in [2.45, 2.75) is 19.9 Å². The highest BCUT2D eigenvalue weighted by molar-refractivity contribution is 6.29. The van der Waals surface area contributed by atoms with Crippen molar-refractivity contribution >= 4 is 11.6 Å². The summed E-state index contributed by atoms with van der Waals surface area (Å²) in [5, 5.41) is 0.0462. The Hall–Kier alpha value is -1.07. The van der Waals surface area contributed by atoms with Gasteiger partial charge in [0.25, 0.3) is 5.56 Å². The molecule has 1 aromatic heterocycles. The largest absolute Gasteiger partial charge is 0.380 e. The first kappa shape index (κ1) is 12.0. The van der Waals surface area contributed by atoms with Gasteiger partial charge in [0.2, 0.25) is 0 Å². The van der Waals surface area contributed by atoms with Crippen molar-refractivity contribution in [3.63, 3.8) is 0 Å². The zero-order valence-corrected chi connectivity index (χ0v) is 9.37. The van der Waals surface area contributed by atoms with Crippen molar-refractivity contribution in [3.05, 3.63) is 32.1 Å². The summed E-state index contributed by atoms with van der Waals surface area (Å²) in [6.07, 6.45) is 0. The standard InChI is InChI=1S/C9H13ClN2O3/c1-3-15-5-6(2)12-8(13)4-7(10)11-9(12)14/h4,6H,3,5H2,1-2H3,(H,11,14). The van der Waals surface area contributed by atoms with E-state index >= 15 is 0 Å². The molecular weight excluding hydrogens is 220 g/mol. The molecule has 0 aliphatic heterocycles. The summed E-state index contributed by atoms with van der Waals surface area (Å²) in [6, 6.07) is 0.865. The average molecular weight is 233 g/mol. The van der Waals surface area contributed by atoms with E-state index in [2.05, 4.69) is 4.98 Å². The maximum Gasteiger partial charge on any atom is 0.329 e. The second kappa shape index (κ2) is 5.14. The van der Waals surface area contributed by atoms with E-state index < -0.39 is 11.2 Å². The highest BCUT2D eigenvalue weighted by Crippen LogP contribution is 2.00. The second-order valence-corrected chi connectivity index (χ2v) is 3.55. The molecule has 0 spiro atoms. The van der Waals surface area contributed by atoms with Crippen LogP contribution >= 0.6 is 11.6 Å². The van der Waals surface area contributed by atoms with E-state index in [1.165, 1.54) is 6.07 Å². The van der Waals surface area contributed by atoms with Crippen molar-refractivity contribution in [1.82, 2.24) is 9.55 Å². The average Bonchev–Trinajstić information content (AvgIpc) is 2.12. The van der Waals surface area contributed by atoms with Gasteiger partial charge in [-0.05, 0) is 13.8 Å². The van der Waals surface area contributed by atoms with Gasteiger partial charge in [0.15, 0.2) is 0 Å². The number of hydrogen-bond acceptors (Lipinski definition) is 3. The molecular formula is C9H13ClN2O3. The van der Waals surface area contributed by atoms with Crippen LogP contribution in [0.1, 0.15) is 19.9 Å². The fourth-order valence-corrected chi connectivity index (χ4v) is 1.43. The van der Waals surface area contributed by atoms with Gasteiger partial charge in [-0.2, -0.15) is 0 Å². The number of H-pyrrole nitrogens is 1. The number of nitrogens with one attached hydrogen (secondary N) is 1. The van der Waals surface area contributed by atoms with Crippen LogP contribution in [0.4, 0.5) is 0 Å². The lowest BCUT2D eigenvalue weighted by atomic mass is 10.3. The first-order valence-corrected chi connectivity index (χ1v) is 5.03. The highest BCUT2D eigenvalue weighted by Gasteiger charge is 2.10. The van der Waals surface area contributed by atoms with Crippen LogP contribution in [-0.4, -0.2) is 22.8 Å². The molecule has 15 heavy (non-hydrogen) atoms. The molecule has 6 heteroatoms. The summed E-state index contributed by atoms with van der Waals surface area (Å²) < 4.78 is 6.23. The Kier molecular flexibility index (Phi) is 4.11. The summed E-state index contributed by atoms with van der Waals surface area (Å²) >= 11 is 5.53. The predicted molar refractivity (Wildman–Crippen MR) is 57.5 cm³/mol. The molecule has 0 amide bonds. The van der Waals surface area contributed by atoms with Crippen LogP contribution in [0.25, 0.3) is 0 Å². The Labute approximate surface area is 91.6 Å². The number of rotatable bonds is 4. The highest BCUT2D eigenvalue weighted by atomic mass is 35.5. The molecule has 0 aromatic carbocycles. The fourth-order valence-electron chi connectivity index (χ4n) is 1.26. The first-order chi connectivity index (χ1) is 7.06. The zero-order chi connectivity index (χ0) is 11.4. The third-order valence-electron chi connectivity index (χ3n) is 1.94. The molecule has 1 aromatic rings. The van der Waals surface area contributed by atoms with E-state index in [4.69, 9.17) is 16.3 Å². The topological polar surface area (TPSA) is 64.1 Å². The number of aromatic nitrogens is 2. The van der Waals surface area contributed by atoms with Crippen molar-refractivity contribution in [1.29, 1.82) is 0 Å². The minimum Gasteiger partial charge on any atom is -0.380 e. The second-order valence-electron chi connectivity index (χ2n) is 3.14. The Morgan fingerprint density at radius 1 is 1.60 bits per heavy atom. The van der Waals surface area contributed by atoms with Crippen molar-refractivity contribution in [2.24, 2.45) is 0 Å². The van der Waals surface area contributed by atoms with Crippen LogP contribution in [-0.2, 0) is 4.74 Å². The van der Waals surface area contributed by atoms with Crippen LogP contribution in [0.5, 0.6) is 0 Å². The van der Waals surface area contributed by atoms with Crippen LogP contribution in [0.15, 0.2) is 15.7 Å². The van der Waals surface area contributed by atoms with E-state index in [-0.39, 0.29) is 11.2 Å². The maximum absolute atomic E-state index is 11.5. The van der Waals surface area contributed by atoms with Gasteiger partial charge in [-0.25, -0.2) is 4.79 Å². The SMILES string of the molecule is CCOCC(C)n1c(=O)cc(Cl)[nH]c1=O. The third kappa shape index (κ3) is 2.94. The van der Waals surface area contributed by atoms with Gasteiger partial charge in [-0.3, -0.25) is 14.3 Å². The molecule has 0 radical (unpaired) electrons. The number of hydrogen-bond donors (Lipinski definition) is 1. The van der Waals surface area contributed by atoms with E-state index in [9.17, 15) is 9.59 Å². The Morgan fingerprint density at radius 2 is 2.27 bits per heavy atom. The molecule has 0 saturated heterocycles. The van der Waals surface area contributed by atoms with E-state index in [0.717, 1.165) is 4.57 Å². The lowest BCUT2D eigenvalue weighted by molar-refractivity contribution is 0.116. The molecule has 1 atom stereocenters. The number of nitrogens with zero attached hydrogens (tertiary/aromatic N) is 1. The van der Waals surface area contributed by atoms with Gasteiger partial charge in [0.1, 0.15) is 5.15 Å². The van der Waals surface area contributed by atoms with Crippen molar-refractivity contribution < 1.29 is 4.74 Å². The zero-order valence-electron chi connectivity index (χ0n) is 8.62. The lowest BCUT2D eigenvalue weighted by Crippen LogP contribution is -2.38. The molecule has 1 unspecified atom stereocenters. The van der Waals surface area contributed by atoms with Gasteiger partial charge in [0.05, 0.1) is 12.6 Å². The molecule has 0 aliphatic rings. The van der Waals surface area contributed by atoms with E-state index in [1.54, 1.807) is 6.92 Å². The van der Waals surface area contributed by atoms with E-state index in [1.807, 2.05) is 6.92 Å². The molecule has 1 N–H and O–H groups in total. The summed E-state index contributed by atoms with van der Waals surface area (Å²) in [4.78, 5) is 25.3. The van der Waals surface area contributed by atoms with Crippen molar-refractivity contribution in [2.75, 3.05) is 13.2 Å². The first-order valence-electron chi connectivity index (χ1n) is 4.65. The smallest absolute Gasteiger partial charge is 0.329 e. The molecule has 5 nitrogen and oxygen atoms in total. The van der Waals surface area contributed by atoms with Gasteiger partial charge in [0, 0.05) is 12.7 Å². The summed E-state index contributed by atoms with van der Waals surface area (Å²) in [5.41, 5.74) is -0.935. The molecule has 1 rings (SSSR count). The van der Waals surface area contributed by atoms with Crippen LogP contribution in [0.3, 0.4) is 0 Å². The fraction of sp³-hybridized carbons (Fsp3) is 0.556. The molecule has 0 bridgehead atoms. The van der Waals surface area contributed by atoms with E-state index in [0.29, 0.717) is 13.2 Å². The third-order valence-corrected chi connectivity index (χ3v) is 2.14. The summed E-state index contributed by atoms with van der Waals surface area (Å²) in [6.45, 7) is 4.45. The monoisotopic (exact) mass is 232 g/mol. The van der Waals surface area contributed by atoms with Crippen LogP contribution in [0, 0.1) is 0 Å². The predicted octanol–water partition coefficient (Wildman–Crippen LogP) is 0.788. The molecule has 0 saturated carbocycles. The minimum absolute atomic E-state index is 0.0462. The quantitative estimate of drug-likeness (QED) is 0.781. The van der Waals surface area contributed by atoms with Gasteiger partial charge >= 0.3 is 5.69 Å². The van der Waals surface area contributed by atoms with Gasteiger partial charge in [-0.1, -0.05) is 11.6 Å². The molecule has 0 fully saturated rings. The summed E-state index contributed by atoms with van der Waals surface area (Å²) in [7, 11) is 0. The van der Waals surface area contributed by atoms with Crippen LogP contribution in [0.2, 0.25) is 5.15 Å².